The first kappa shape index (κ1) is 20.3. The molecule has 25 heavy (non-hydrogen) atoms. The van der Waals surface area contributed by atoms with Crippen molar-refractivity contribution < 1.29 is 17.9 Å². The van der Waals surface area contributed by atoms with Crippen LogP contribution >= 0.6 is 12.4 Å². The number of ether oxygens (including phenoxy) is 2. The number of benzene rings is 1. The Morgan fingerprint density at radius 3 is 2.52 bits per heavy atom. The lowest BCUT2D eigenvalue weighted by Crippen LogP contribution is -2.40. The van der Waals surface area contributed by atoms with Gasteiger partial charge >= 0.3 is 0 Å². The molecule has 0 amide bonds. The number of halogens is 1. The van der Waals surface area contributed by atoms with Gasteiger partial charge in [-0.05, 0) is 44.0 Å². The van der Waals surface area contributed by atoms with Crippen molar-refractivity contribution in [3.63, 3.8) is 0 Å². The molecule has 0 bridgehead atoms. The predicted octanol–water partition coefficient (Wildman–Crippen LogP) is 2.28. The summed E-state index contributed by atoms with van der Waals surface area (Å²) < 4.78 is 38.6. The molecule has 142 valence electrons. The summed E-state index contributed by atoms with van der Waals surface area (Å²) in [5.41, 5.74) is 0. The van der Waals surface area contributed by atoms with Crippen LogP contribution in [0.2, 0.25) is 0 Å². The molecule has 3 rings (SSSR count). The molecule has 1 N–H and O–H groups in total. The minimum atomic E-state index is -3.47. The quantitative estimate of drug-likeness (QED) is 0.835. The topological polar surface area (TPSA) is 67.9 Å². The summed E-state index contributed by atoms with van der Waals surface area (Å²) in [6, 6.07) is 4.92. The third-order valence-corrected chi connectivity index (χ3v) is 6.51. The molecule has 2 heterocycles. The fourth-order valence-electron chi connectivity index (χ4n) is 3.16. The highest BCUT2D eigenvalue weighted by atomic mass is 35.5. The zero-order valence-electron chi connectivity index (χ0n) is 14.6. The molecule has 0 atom stereocenters. The standard InChI is InChI=1S/C17H26N2O4S.ClH/c1-2-18-13-14-6-8-19(9-7-14)24(20,21)15-4-5-16-17(12-15)23-11-3-10-22-16;/h4-5,12,14,18H,2-3,6-11,13H2,1H3;1H. The van der Waals surface area contributed by atoms with Crippen molar-refractivity contribution in [2.24, 2.45) is 5.92 Å². The third-order valence-electron chi connectivity index (χ3n) is 4.61. The zero-order chi connectivity index (χ0) is 17.0. The summed E-state index contributed by atoms with van der Waals surface area (Å²) in [6.07, 6.45) is 2.60. The summed E-state index contributed by atoms with van der Waals surface area (Å²) in [4.78, 5) is 0.289. The summed E-state index contributed by atoms with van der Waals surface area (Å²) in [6.45, 7) is 6.30. The molecule has 1 fully saturated rings. The Kier molecular flexibility index (Phi) is 7.37. The summed E-state index contributed by atoms with van der Waals surface area (Å²) in [7, 11) is -3.47. The normalized spacial score (nSPS) is 19.1. The van der Waals surface area contributed by atoms with Crippen molar-refractivity contribution in [2.75, 3.05) is 39.4 Å². The smallest absolute Gasteiger partial charge is 0.243 e. The SMILES string of the molecule is CCNCC1CCN(S(=O)(=O)c2ccc3c(c2)OCCCO3)CC1.Cl. The molecule has 1 aromatic rings. The van der Waals surface area contributed by atoms with Gasteiger partial charge in [0.15, 0.2) is 11.5 Å². The average molecular weight is 391 g/mol. The number of hydrogen-bond acceptors (Lipinski definition) is 5. The average Bonchev–Trinajstić information content (AvgIpc) is 2.85. The second-order valence-corrected chi connectivity index (χ2v) is 8.25. The van der Waals surface area contributed by atoms with E-state index in [1.54, 1.807) is 22.5 Å². The highest BCUT2D eigenvalue weighted by Gasteiger charge is 2.30. The van der Waals surface area contributed by atoms with Gasteiger partial charge in [0, 0.05) is 25.6 Å². The molecule has 0 radical (unpaired) electrons. The maximum Gasteiger partial charge on any atom is 0.243 e. The molecule has 0 spiro atoms. The molecular weight excluding hydrogens is 364 g/mol. The Hall–Kier alpha value is -1.02. The Labute approximate surface area is 156 Å². The molecule has 0 saturated carbocycles. The van der Waals surface area contributed by atoms with Crippen LogP contribution in [0.15, 0.2) is 23.1 Å². The molecule has 8 heteroatoms. The van der Waals surface area contributed by atoms with Crippen molar-refractivity contribution in [1.29, 1.82) is 0 Å². The number of rotatable bonds is 5. The van der Waals surface area contributed by atoms with Gasteiger partial charge in [-0.3, -0.25) is 0 Å². The number of fused-ring (bicyclic) bond motifs is 1. The van der Waals surface area contributed by atoms with E-state index < -0.39 is 10.0 Å². The second kappa shape index (κ2) is 9.07. The van der Waals surface area contributed by atoms with Crippen LogP contribution in [0.4, 0.5) is 0 Å². The molecule has 2 aliphatic heterocycles. The zero-order valence-corrected chi connectivity index (χ0v) is 16.2. The molecule has 1 saturated heterocycles. The lowest BCUT2D eigenvalue weighted by Gasteiger charge is -2.31. The lowest BCUT2D eigenvalue weighted by atomic mass is 9.98. The number of sulfonamides is 1. The van der Waals surface area contributed by atoms with Crippen LogP contribution in [0.5, 0.6) is 11.5 Å². The van der Waals surface area contributed by atoms with E-state index in [2.05, 4.69) is 12.2 Å². The fourth-order valence-corrected chi connectivity index (χ4v) is 4.64. The Balaban J connectivity index is 0.00000225. The first-order valence-electron chi connectivity index (χ1n) is 8.72. The number of nitrogens with zero attached hydrogens (tertiary/aromatic N) is 1. The first-order chi connectivity index (χ1) is 11.6. The molecule has 2 aliphatic rings. The number of hydrogen-bond donors (Lipinski definition) is 1. The van der Waals surface area contributed by atoms with Gasteiger partial charge in [0.25, 0.3) is 0 Å². The fraction of sp³-hybridized carbons (Fsp3) is 0.647. The van der Waals surface area contributed by atoms with Gasteiger partial charge in [-0.15, -0.1) is 12.4 Å². The highest BCUT2D eigenvalue weighted by molar-refractivity contribution is 7.89. The van der Waals surface area contributed by atoms with Gasteiger partial charge in [0.1, 0.15) is 0 Å². The van der Waals surface area contributed by atoms with Crippen LogP contribution in [0, 0.1) is 5.92 Å². The van der Waals surface area contributed by atoms with Gasteiger partial charge < -0.3 is 14.8 Å². The number of piperidine rings is 1. The minimum absolute atomic E-state index is 0. The molecule has 6 nitrogen and oxygen atoms in total. The van der Waals surface area contributed by atoms with Crippen LogP contribution in [-0.4, -0.2) is 52.1 Å². The Morgan fingerprint density at radius 2 is 1.84 bits per heavy atom. The van der Waals surface area contributed by atoms with Crippen LogP contribution < -0.4 is 14.8 Å². The van der Waals surface area contributed by atoms with Gasteiger partial charge in [-0.1, -0.05) is 6.92 Å². The van der Waals surface area contributed by atoms with E-state index in [0.717, 1.165) is 32.4 Å². The third kappa shape index (κ3) is 4.78. The molecule has 0 aromatic heterocycles. The van der Waals surface area contributed by atoms with Crippen LogP contribution in [-0.2, 0) is 10.0 Å². The minimum Gasteiger partial charge on any atom is -0.490 e. The summed E-state index contributed by atoms with van der Waals surface area (Å²) in [5, 5.41) is 3.34. The van der Waals surface area contributed by atoms with E-state index >= 15 is 0 Å². The summed E-state index contributed by atoms with van der Waals surface area (Å²) in [5.74, 6) is 1.70. The molecule has 0 unspecified atom stereocenters. The van der Waals surface area contributed by atoms with Crippen LogP contribution in [0.1, 0.15) is 26.2 Å². The van der Waals surface area contributed by atoms with E-state index in [1.807, 2.05) is 0 Å². The maximum atomic E-state index is 12.9. The van der Waals surface area contributed by atoms with Crippen molar-refractivity contribution in [1.82, 2.24) is 9.62 Å². The van der Waals surface area contributed by atoms with E-state index in [4.69, 9.17) is 9.47 Å². The summed E-state index contributed by atoms with van der Waals surface area (Å²) >= 11 is 0. The molecular formula is C17H27ClN2O4S. The maximum absolute atomic E-state index is 12.9. The van der Waals surface area contributed by atoms with Crippen molar-refractivity contribution in [3.8, 4) is 11.5 Å². The lowest BCUT2D eigenvalue weighted by molar-refractivity contribution is 0.268. The van der Waals surface area contributed by atoms with Crippen LogP contribution in [0.3, 0.4) is 0 Å². The van der Waals surface area contributed by atoms with Crippen molar-refractivity contribution in [2.45, 2.75) is 31.1 Å². The predicted molar refractivity (Wildman–Crippen MR) is 99.3 cm³/mol. The Bertz CT molecular complexity index is 661. The van der Waals surface area contributed by atoms with E-state index in [1.165, 1.54) is 0 Å². The number of nitrogens with one attached hydrogen (secondary N) is 1. The Morgan fingerprint density at radius 1 is 1.16 bits per heavy atom. The van der Waals surface area contributed by atoms with Crippen LogP contribution in [0.25, 0.3) is 0 Å². The molecule has 0 aliphatic carbocycles. The largest absolute Gasteiger partial charge is 0.490 e. The van der Waals surface area contributed by atoms with E-state index in [0.29, 0.717) is 43.7 Å². The molecule has 1 aromatic carbocycles. The van der Waals surface area contributed by atoms with E-state index in [9.17, 15) is 8.42 Å². The van der Waals surface area contributed by atoms with Gasteiger partial charge in [-0.2, -0.15) is 4.31 Å². The van der Waals surface area contributed by atoms with Crippen molar-refractivity contribution in [3.05, 3.63) is 18.2 Å². The highest BCUT2D eigenvalue weighted by Crippen LogP contribution is 2.33. The van der Waals surface area contributed by atoms with Gasteiger partial charge in [0.2, 0.25) is 10.0 Å². The van der Waals surface area contributed by atoms with Gasteiger partial charge in [0.05, 0.1) is 18.1 Å². The first-order valence-corrected chi connectivity index (χ1v) is 10.2. The monoisotopic (exact) mass is 390 g/mol. The van der Waals surface area contributed by atoms with Crippen molar-refractivity contribution >= 4 is 22.4 Å². The van der Waals surface area contributed by atoms with Gasteiger partial charge in [-0.25, -0.2) is 8.42 Å². The van der Waals surface area contributed by atoms with E-state index in [-0.39, 0.29) is 17.3 Å². The second-order valence-electron chi connectivity index (χ2n) is 6.31.